The normalized spacial score (nSPS) is 11.7. The van der Waals surface area contributed by atoms with E-state index in [4.69, 9.17) is 0 Å². The minimum atomic E-state index is -3.79. The Bertz CT molecular complexity index is 1030. The minimum Gasteiger partial charge on any atom is -0.361 e. The molecule has 8 nitrogen and oxygen atoms in total. The van der Waals surface area contributed by atoms with Crippen molar-refractivity contribution in [3.8, 4) is 0 Å². The summed E-state index contributed by atoms with van der Waals surface area (Å²) in [6, 6.07) is 12.9. The third kappa shape index (κ3) is 4.07. The maximum absolute atomic E-state index is 12.2. The summed E-state index contributed by atoms with van der Waals surface area (Å²) in [5.74, 6) is 0. The van der Waals surface area contributed by atoms with Gasteiger partial charge in [-0.1, -0.05) is 18.2 Å². The van der Waals surface area contributed by atoms with Crippen LogP contribution in [0.1, 0.15) is 5.56 Å². The quantitative estimate of drug-likeness (QED) is 0.317. The maximum Gasteiger partial charge on any atom is 0.270 e. The van der Waals surface area contributed by atoms with Gasteiger partial charge in [-0.3, -0.25) is 10.1 Å². The summed E-state index contributed by atoms with van der Waals surface area (Å²) >= 11 is 0. The standard InChI is InChI=1S/C17H18N4O4S/c22-21(23)14-4-2-5-15(11-14)26(24,25)20-10-9-18-12-13-3-1-6-17-16(13)7-8-19-17/h1-8,11,18-20H,9-10,12H2. The van der Waals surface area contributed by atoms with Gasteiger partial charge in [0.2, 0.25) is 10.0 Å². The number of nitro groups is 1. The summed E-state index contributed by atoms with van der Waals surface area (Å²) in [6.45, 7) is 1.21. The summed E-state index contributed by atoms with van der Waals surface area (Å²) in [5, 5.41) is 15.1. The summed E-state index contributed by atoms with van der Waals surface area (Å²) < 4.78 is 26.9. The van der Waals surface area contributed by atoms with Gasteiger partial charge in [0.15, 0.2) is 0 Å². The van der Waals surface area contributed by atoms with Crippen LogP contribution in [0.15, 0.2) is 59.6 Å². The number of non-ortho nitro benzene ring substituents is 1. The van der Waals surface area contributed by atoms with Gasteiger partial charge >= 0.3 is 0 Å². The third-order valence-electron chi connectivity index (χ3n) is 3.93. The molecule has 0 amide bonds. The van der Waals surface area contributed by atoms with Crippen LogP contribution in [-0.2, 0) is 16.6 Å². The molecule has 0 bridgehead atoms. The van der Waals surface area contributed by atoms with E-state index in [0.29, 0.717) is 13.1 Å². The Labute approximate surface area is 150 Å². The van der Waals surface area contributed by atoms with E-state index in [2.05, 4.69) is 15.0 Å². The average Bonchev–Trinajstić information content (AvgIpc) is 3.11. The van der Waals surface area contributed by atoms with E-state index in [0.717, 1.165) is 22.5 Å². The van der Waals surface area contributed by atoms with Crippen molar-refractivity contribution in [2.24, 2.45) is 0 Å². The number of hydrogen-bond acceptors (Lipinski definition) is 5. The zero-order valence-corrected chi connectivity index (χ0v) is 14.6. The number of fused-ring (bicyclic) bond motifs is 1. The van der Waals surface area contributed by atoms with E-state index >= 15 is 0 Å². The molecule has 3 rings (SSSR count). The van der Waals surface area contributed by atoms with Crippen LogP contribution in [0.4, 0.5) is 5.69 Å². The molecule has 3 aromatic rings. The fraction of sp³-hybridized carbons (Fsp3) is 0.176. The van der Waals surface area contributed by atoms with Crippen LogP contribution in [0.25, 0.3) is 10.9 Å². The highest BCUT2D eigenvalue weighted by Gasteiger charge is 2.16. The predicted molar refractivity (Wildman–Crippen MR) is 98.3 cm³/mol. The molecule has 3 N–H and O–H groups in total. The lowest BCUT2D eigenvalue weighted by atomic mass is 10.1. The molecule has 0 aliphatic rings. The molecule has 9 heteroatoms. The highest BCUT2D eigenvalue weighted by molar-refractivity contribution is 7.89. The summed E-state index contributed by atoms with van der Waals surface area (Å²) in [5.41, 5.74) is 1.91. The topological polar surface area (TPSA) is 117 Å². The lowest BCUT2D eigenvalue weighted by Gasteiger charge is -2.09. The van der Waals surface area contributed by atoms with Gasteiger partial charge in [-0.2, -0.15) is 0 Å². The Hall–Kier alpha value is -2.75. The van der Waals surface area contributed by atoms with Crippen LogP contribution in [0.3, 0.4) is 0 Å². The molecule has 0 saturated heterocycles. The van der Waals surface area contributed by atoms with Gasteiger partial charge in [0, 0.05) is 48.9 Å². The second-order valence-corrected chi connectivity index (χ2v) is 7.45. The molecule has 2 aromatic carbocycles. The Kier molecular flexibility index (Phi) is 5.31. The van der Waals surface area contributed by atoms with Crippen molar-refractivity contribution in [1.29, 1.82) is 0 Å². The van der Waals surface area contributed by atoms with Gasteiger partial charge in [-0.25, -0.2) is 13.1 Å². The molecular weight excluding hydrogens is 356 g/mol. The zero-order valence-electron chi connectivity index (χ0n) is 13.8. The third-order valence-corrected chi connectivity index (χ3v) is 5.39. The highest BCUT2D eigenvalue weighted by atomic mass is 32.2. The maximum atomic E-state index is 12.2. The van der Waals surface area contributed by atoms with Crippen LogP contribution in [0.5, 0.6) is 0 Å². The lowest BCUT2D eigenvalue weighted by Crippen LogP contribution is -2.31. The molecule has 0 saturated carbocycles. The molecule has 26 heavy (non-hydrogen) atoms. The van der Waals surface area contributed by atoms with Gasteiger partial charge in [0.05, 0.1) is 9.82 Å². The Balaban J connectivity index is 1.53. The predicted octanol–water partition coefficient (Wildman–Crippen LogP) is 2.14. The number of H-pyrrole nitrogens is 1. The van der Waals surface area contributed by atoms with Crippen molar-refractivity contribution in [3.05, 3.63) is 70.4 Å². The number of hydrogen-bond donors (Lipinski definition) is 3. The second kappa shape index (κ2) is 7.65. The SMILES string of the molecule is O=[N+]([O-])c1cccc(S(=O)(=O)NCCNCc2cccc3[nH]ccc23)c1. The number of nitrogens with one attached hydrogen (secondary N) is 3. The summed E-state index contributed by atoms with van der Waals surface area (Å²) in [4.78, 5) is 13.2. The molecule has 1 heterocycles. The van der Waals surface area contributed by atoms with Gasteiger partial charge in [0.1, 0.15) is 0 Å². The van der Waals surface area contributed by atoms with Gasteiger partial charge in [-0.15, -0.1) is 0 Å². The first kappa shape index (κ1) is 18.1. The van der Waals surface area contributed by atoms with Crippen LogP contribution in [0.2, 0.25) is 0 Å². The number of nitro benzene ring substituents is 1. The average molecular weight is 374 g/mol. The molecule has 0 unspecified atom stereocenters. The van der Waals surface area contributed by atoms with E-state index < -0.39 is 14.9 Å². The number of sulfonamides is 1. The van der Waals surface area contributed by atoms with E-state index in [1.807, 2.05) is 30.5 Å². The first-order valence-corrected chi connectivity index (χ1v) is 9.45. The van der Waals surface area contributed by atoms with Crippen molar-refractivity contribution < 1.29 is 13.3 Å². The number of nitrogens with zero attached hydrogens (tertiary/aromatic N) is 1. The van der Waals surface area contributed by atoms with Crippen LogP contribution < -0.4 is 10.0 Å². The number of rotatable bonds is 8. The van der Waals surface area contributed by atoms with Crippen molar-refractivity contribution >= 4 is 26.6 Å². The Morgan fingerprint density at radius 2 is 1.88 bits per heavy atom. The Morgan fingerprint density at radius 3 is 2.69 bits per heavy atom. The van der Waals surface area contributed by atoms with Crippen LogP contribution >= 0.6 is 0 Å². The largest absolute Gasteiger partial charge is 0.361 e. The molecule has 0 aliphatic heterocycles. The molecular formula is C17H18N4O4S. The minimum absolute atomic E-state index is 0.121. The van der Waals surface area contributed by atoms with Crippen molar-refractivity contribution in [1.82, 2.24) is 15.0 Å². The second-order valence-electron chi connectivity index (χ2n) is 5.69. The first-order chi connectivity index (χ1) is 12.5. The van der Waals surface area contributed by atoms with E-state index in [1.54, 1.807) is 0 Å². The Morgan fingerprint density at radius 1 is 1.08 bits per heavy atom. The number of benzene rings is 2. The van der Waals surface area contributed by atoms with Crippen molar-refractivity contribution in [2.45, 2.75) is 11.4 Å². The van der Waals surface area contributed by atoms with Gasteiger partial charge in [-0.05, 0) is 23.8 Å². The van der Waals surface area contributed by atoms with Gasteiger partial charge < -0.3 is 10.3 Å². The highest BCUT2D eigenvalue weighted by Crippen LogP contribution is 2.18. The number of aromatic nitrogens is 1. The smallest absolute Gasteiger partial charge is 0.270 e. The van der Waals surface area contributed by atoms with Crippen LogP contribution in [-0.4, -0.2) is 31.4 Å². The molecule has 0 fully saturated rings. The monoisotopic (exact) mass is 374 g/mol. The molecule has 0 spiro atoms. The molecule has 136 valence electrons. The van der Waals surface area contributed by atoms with Crippen molar-refractivity contribution in [2.75, 3.05) is 13.1 Å². The first-order valence-electron chi connectivity index (χ1n) is 7.97. The van der Waals surface area contributed by atoms with Crippen molar-refractivity contribution in [3.63, 3.8) is 0 Å². The van der Waals surface area contributed by atoms with Gasteiger partial charge in [0.25, 0.3) is 5.69 Å². The van der Waals surface area contributed by atoms with Crippen LogP contribution in [0, 0.1) is 10.1 Å². The summed E-state index contributed by atoms with van der Waals surface area (Å²) in [7, 11) is -3.79. The van der Waals surface area contributed by atoms with E-state index in [-0.39, 0.29) is 17.1 Å². The van der Waals surface area contributed by atoms with E-state index in [9.17, 15) is 18.5 Å². The van der Waals surface area contributed by atoms with E-state index in [1.165, 1.54) is 18.2 Å². The fourth-order valence-corrected chi connectivity index (χ4v) is 3.72. The molecule has 0 aliphatic carbocycles. The molecule has 0 radical (unpaired) electrons. The lowest BCUT2D eigenvalue weighted by molar-refractivity contribution is -0.385. The fourth-order valence-electron chi connectivity index (χ4n) is 2.65. The zero-order chi connectivity index (χ0) is 18.6. The number of aromatic amines is 1. The molecule has 0 atom stereocenters. The molecule has 1 aromatic heterocycles. The summed E-state index contributed by atoms with van der Waals surface area (Å²) in [6.07, 6.45) is 1.88.